The number of nitrogens with one attached hydrogen (secondary N) is 1. The van der Waals surface area contributed by atoms with Crippen LogP contribution in [0.15, 0.2) is 29.2 Å². The third-order valence-corrected chi connectivity index (χ3v) is 5.55. The number of hydrogen-bond acceptors (Lipinski definition) is 5. The minimum Gasteiger partial charge on any atom is -0.354 e. The lowest BCUT2D eigenvalue weighted by Crippen LogP contribution is -2.33. The van der Waals surface area contributed by atoms with E-state index in [4.69, 9.17) is 0 Å². The largest absolute Gasteiger partial charge is 0.354 e. The average Bonchev–Trinajstić information content (AvgIpc) is 3.16. The van der Waals surface area contributed by atoms with Gasteiger partial charge in [-0.3, -0.25) is 9.20 Å². The van der Waals surface area contributed by atoms with Crippen LogP contribution in [-0.2, 0) is 30.6 Å². The lowest BCUT2D eigenvalue weighted by Gasteiger charge is -2.06. The Morgan fingerprint density at radius 1 is 1.28 bits per heavy atom. The van der Waals surface area contributed by atoms with Crippen molar-refractivity contribution in [2.75, 3.05) is 6.54 Å². The molecule has 8 heteroatoms. The van der Waals surface area contributed by atoms with Gasteiger partial charge >= 0.3 is 5.69 Å². The molecule has 7 nitrogen and oxygen atoms in total. The van der Waals surface area contributed by atoms with Crippen LogP contribution in [0, 0.1) is 0 Å². The smallest absolute Gasteiger partial charge is 0.350 e. The zero-order valence-electron chi connectivity index (χ0n) is 13.8. The van der Waals surface area contributed by atoms with Crippen LogP contribution < -0.4 is 11.0 Å². The first-order chi connectivity index (χ1) is 12.2. The Morgan fingerprint density at radius 2 is 2.16 bits per heavy atom. The highest BCUT2D eigenvalue weighted by Crippen LogP contribution is 2.26. The molecule has 1 amide bonds. The maximum atomic E-state index is 12.1. The molecular weight excluding hydrogens is 338 g/mol. The molecule has 0 unspecified atom stereocenters. The number of aromatic nitrogens is 4. The van der Waals surface area contributed by atoms with Crippen LogP contribution in [-0.4, -0.2) is 31.6 Å². The lowest BCUT2D eigenvalue weighted by molar-refractivity contribution is -0.121. The van der Waals surface area contributed by atoms with Gasteiger partial charge in [0.1, 0.15) is 6.54 Å². The van der Waals surface area contributed by atoms with Crippen LogP contribution in [0.1, 0.15) is 28.4 Å². The Balaban J connectivity index is 1.33. The van der Waals surface area contributed by atoms with E-state index in [-0.39, 0.29) is 18.1 Å². The molecule has 4 rings (SSSR count). The predicted molar refractivity (Wildman–Crippen MR) is 94.9 cm³/mol. The first-order valence-electron chi connectivity index (χ1n) is 8.49. The molecule has 0 bridgehead atoms. The van der Waals surface area contributed by atoms with Gasteiger partial charge in [-0.05, 0) is 37.8 Å². The van der Waals surface area contributed by atoms with Crippen molar-refractivity contribution >= 4 is 22.9 Å². The maximum absolute atomic E-state index is 12.1. The van der Waals surface area contributed by atoms with Crippen molar-refractivity contribution in [2.45, 2.75) is 38.6 Å². The summed E-state index contributed by atoms with van der Waals surface area (Å²) in [6.07, 6.45) is 7.05. The molecule has 1 aliphatic carbocycles. The topological polar surface area (TPSA) is 81.3 Å². The minimum atomic E-state index is -0.307. The van der Waals surface area contributed by atoms with E-state index in [1.165, 1.54) is 32.5 Å². The van der Waals surface area contributed by atoms with Gasteiger partial charge < -0.3 is 5.32 Å². The quantitative estimate of drug-likeness (QED) is 0.744. The summed E-state index contributed by atoms with van der Waals surface area (Å²) in [7, 11) is 0. The number of aryl methyl sites for hydroxylation is 2. The third kappa shape index (κ3) is 3.34. The van der Waals surface area contributed by atoms with Gasteiger partial charge in [0.05, 0.1) is 10.7 Å². The summed E-state index contributed by atoms with van der Waals surface area (Å²) in [4.78, 5) is 30.3. The summed E-state index contributed by atoms with van der Waals surface area (Å²) in [5, 5.41) is 8.09. The molecule has 25 heavy (non-hydrogen) atoms. The Kier molecular flexibility index (Phi) is 4.35. The van der Waals surface area contributed by atoms with Gasteiger partial charge in [-0.1, -0.05) is 6.07 Å². The van der Waals surface area contributed by atoms with Crippen molar-refractivity contribution < 1.29 is 4.79 Å². The van der Waals surface area contributed by atoms with Crippen LogP contribution in [0.5, 0.6) is 0 Å². The highest BCUT2D eigenvalue weighted by atomic mass is 32.1. The van der Waals surface area contributed by atoms with Gasteiger partial charge in [-0.2, -0.15) is 0 Å². The van der Waals surface area contributed by atoms with Crippen molar-refractivity contribution in [1.82, 2.24) is 24.5 Å². The number of pyridine rings is 1. The Bertz CT molecular complexity index is 947. The molecular formula is C17H19N5O2S. The number of hydrogen-bond donors (Lipinski definition) is 1. The molecule has 3 aromatic rings. The first-order valence-corrected chi connectivity index (χ1v) is 9.31. The maximum Gasteiger partial charge on any atom is 0.350 e. The van der Waals surface area contributed by atoms with Crippen LogP contribution in [0.3, 0.4) is 0 Å². The number of rotatable bonds is 5. The van der Waals surface area contributed by atoms with Gasteiger partial charge in [0.2, 0.25) is 5.91 Å². The van der Waals surface area contributed by atoms with E-state index in [1.807, 2.05) is 0 Å². The fourth-order valence-corrected chi connectivity index (χ4v) is 4.24. The number of fused-ring (bicyclic) bond motifs is 2. The van der Waals surface area contributed by atoms with Crippen molar-refractivity contribution in [2.24, 2.45) is 0 Å². The van der Waals surface area contributed by atoms with E-state index in [9.17, 15) is 9.59 Å². The number of amides is 1. The van der Waals surface area contributed by atoms with Gasteiger partial charge in [0.25, 0.3) is 0 Å². The molecule has 1 N–H and O–H groups in total. The molecule has 0 atom stereocenters. The fraction of sp³-hybridized carbons (Fsp3) is 0.412. The van der Waals surface area contributed by atoms with E-state index in [2.05, 4.69) is 15.4 Å². The van der Waals surface area contributed by atoms with Gasteiger partial charge in [-0.15, -0.1) is 16.4 Å². The average molecular weight is 357 g/mol. The fourth-order valence-electron chi connectivity index (χ4n) is 3.08. The van der Waals surface area contributed by atoms with Gasteiger partial charge in [-0.25, -0.2) is 14.5 Å². The molecule has 0 saturated carbocycles. The molecule has 0 saturated heterocycles. The highest BCUT2D eigenvalue weighted by Gasteiger charge is 2.15. The van der Waals surface area contributed by atoms with Crippen molar-refractivity contribution in [3.8, 4) is 0 Å². The molecule has 0 aliphatic heterocycles. The SMILES string of the molecule is O=C(Cn1nc2ccccn2c1=O)NCCc1nc2c(s1)CCCC2. The summed E-state index contributed by atoms with van der Waals surface area (Å²) in [6, 6.07) is 5.30. The number of carbonyl (C=O) groups excluding carboxylic acids is 1. The minimum absolute atomic E-state index is 0.0745. The summed E-state index contributed by atoms with van der Waals surface area (Å²) in [5.74, 6) is -0.216. The van der Waals surface area contributed by atoms with Crippen molar-refractivity contribution in [3.63, 3.8) is 0 Å². The van der Waals surface area contributed by atoms with Gasteiger partial charge in [0, 0.05) is 24.0 Å². The Labute approximate surface area is 148 Å². The molecule has 1 aliphatic rings. The van der Waals surface area contributed by atoms with E-state index < -0.39 is 0 Å². The summed E-state index contributed by atoms with van der Waals surface area (Å²) in [6.45, 7) is 0.447. The molecule has 0 aromatic carbocycles. The predicted octanol–water partition coefficient (Wildman–Crippen LogP) is 1.19. The monoisotopic (exact) mass is 357 g/mol. The zero-order valence-corrected chi connectivity index (χ0v) is 14.6. The number of nitrogens with zero attached hydrogens (tertiary/aromatic N) is 4. The molecule has 0 radical (unpaired) electrons. The molecule has 0 spiro atoms. The van der Waals surface area contributed by atoms with E-state index >= 15 is 0 Å². The van der Waals surface area contributed by atoms with Crippen molar-refractivity contribution in [1.29, 1.82) is 0 Å². The normalized spacial score (nSPS) is 13.8. The van der Waals surface area contributed by atoms with E-state index in [0.29, 0.717) is 12.2 Å². The molecule has 0 fully saturated rings. The number of carbonyl (C=O) groups is 1. The second kappa shape index (κ2) is 6.79. The van der Waals surface area contributed by atoms with Crippen molar-refractivity contribution in [3.05, 3.63) is 50.5 Å². The Hall–Kier alpha value is -2.48. The van der Waals surface area contributed by atoms with Gasteiger partial charge in [0.15, 0.2) is 5.65 Å². The summed E-state index contributed by atoms with van der Waals surface area (Å²) in [5.41, 5.74) is 1.47. The van der Waals surface area contributed by atoms with Crippen LogP contribution in [0.25, 0.3) is 5.65 Å². The second-order valence-electron chi connectivity index (χ2n) is 6.15. The van der Waals surface area contributed by atoms with Crippen LogP contribution >= 0.6 is 11.3 Å². The molecule has 3 heterocycles. The third-order valence-electron chi connectivity index (χ3n) is 4.33. The summed E-state index contributed by atoms with van der Waals surface area (Å²) < 4.78 is 2.61. The second-order valence-corrected chi connectivity index (χ2v) is 7.32. The molecule has 3 aromatic heterocycles. The zero-order chi connectivity index (χ0) is 17.2. The van der Waals surface area contributed by atoms with Crippen LogP contribution in [0.4, 0.5) is 0 Å². The number of thiazole rings is 1. The molecule has 130 valence electrons. The van der Waals surface area contributed by atoms with E-state index in [1.54, 1.807) is 35.7 Å². The van der Waals surface area contributed by atoms with Crippen LogP contribution in [0.2, 0.25) is 0 Å². The Morgan fingerprint density at radius 3 is 3.00 bits per heavy atom. The standard InChI is InChI=1S/C17H19N5O2S/c23-15(11-22-17(24)21-10-4-3-7-14(21)20-22)18-9-8-16-19-12-5-1-2-6-13(12)25-16/h3-4,7,10H,1-2,5-6,8-9,11H2,(H,18,23). The highest BCUT2D eigenvalue weighted by molar-refractivity contribution is 7.11. The first kappa shape index (κ1) is 16.0. The summed E-state index contributed by atoms with van der Waals surface area (Å²) >= 11 is 1.76. The lowest BCUT2D eigenvalue weighted by atomic mass is 10.0. The van der Waals surface area contributed by atoms with E-state index in [0.717, 1.165) is 24.3 Å².